The van der Waals surface area contributed by atoms with E-state index in [4.69, 9.17) is 17.3 Å². The number of rotatable bonds is 6. The van der Waals surface area contributed by atoms with Crippen molar-refractivity contribution >= 4 is 29.0 Å². The van der Waals surface area contributed by atoms with Gasteiger partial charge in [0.1, 0.15) is 5.82 Å². The molecular weight excluding hydrogens is 420 g/mol. The number of nitrogen functional groups attached to an aromatic ring is 1. The van der Waals surface area contributed by atoms with E-state index >= 15 is 0 Å². The molecule has 0 aliphatic heterocycles. The second-order valence-electron chi connectivity index (χ2n) is 7.31. The van der Waals surface area contributed by atoms with E-state index < -0.39 is 17.2 Å². The summed E-state index contributed by atoms with van der Waals surface area (Å²) in [6.45, 7) is 6.01. The van der Waals surface area contributed by atoms with Crippen molar-refractivity contribution in [2.24, 2.45) is 0 Å². The van der Waals surface area contributed by atoms with Gasteiger partial charge in [0.25, 0.3) is 11.5 Å². The number of benzene rings is 1. The molecule has 0 aliphatic rings. The zero-order valence-electron chi connectivity index (χ0n) is 17.9. The lowest BCUT2D eigenvalue weighted by molar-refractivity contribution is 0.0992. The predicted molar refractivity (Wildman–Crippen MR) is 121 cm³/mol. The molecule has 1 aromatic carbocycles. The van der Waals surface area contributed by atoms with Gasteiger partial charge in [-0.25, -0.2) is 9.48 Å². The van der Waals surface area contributed by atoms with Crippen molar-refractivity contribution in [3.63, 3.8) is 0 Å². The van der Waals surface area contributed by atoms with Crippen LogP contribution in [0.15, 0.2) is 33.9 Å². The van der Waals surface area contributed by atoms with Crippen molar-refractivity contribution in [1.29, 1.82) is 0 Å². The summed E-state index contributed by atoms with van der Waals surface area (Å²) < 4.78 is 2.97. The third-order valence-corrected chi connectivity index (χ3v) is 5.70. The lowest BCUT2D eigenvalue weighted by Crippen LogP contribution is -2.39. The van der Waals surface area contributed by atoms with Gasteiger partial charge in [0.2, 0.25) is 0 Å². The van der Waals surface area contributed by atoms with E-state index in [-0.39, 0.29) is 11.5 Å². The van der Waals surface area contributed by atoms with Crippen LogP contribution in [0.3, 0.4) is 0 Å². The van der Waals surface area contributed by atoms with Crippen LogP contribution in [0.2, 0.25) is 5.02 Å². The Hall–Kier alpha value is -3.33. The maximum Gasteiger partial charge on any atom is 0.330 e. The zero-order chi connectivity index (χ0) is 22.9. The van der Waals surface area contributed by atoms with E-state index in [0.717, 1.165) is 22.7 Å². The molecule has 3 aromatic rings. The van der Waals surface area contributed by atoms with E-state index in [1.807, 2.05) is 20.8 Å². The molecule has 164 valence electrons. The fraction of sp³-hybridized carbons (Fsp3) is 0.333. The molecule has 0 bridgehead atoms. The summed E-state index contributed by atoms with van der Waals surface area (Å²) in [4.78, 5) is 40.9. The third kappa shape index (κ3) is 4.13. The van der Waals surface area contributed by atoms with Crippen LogP contribution in [0, 0.1) is 13.8 Å². The maximum absolute atomic E-state index is 13.0. The number of nitrogens with zero attached hydrogens (tertiary/aromatic N) is 4. The Morgan fingerprint density at radius 3 is 2.42 bits per heavy atom. The van der Waals surface area contributed by atoms with Crippen LogP contribution in [-0.4, -0.2) is 32.3 Å². The Morgan fingerprint density at radius 2 is 1.87 bits per heavy atom. The molecule has 0 aliphatic carbocycles. The molecule has 3 N–H and O–H groups in total. The zero-order valence-corrected chi connectivity index (χ0v) is 18.7. The molecule has 0 atom stereocenters. The number of halogens is 1. The highest BCUT2D eigenvalue weighted by Gasteiger charge is 2.22. The van der Waals surface area contributed by atoms with Crippen molar-refractivity contribution < 1.29 is 4.79 Å². The van der Waals surface area contributed by atoms with Crippen molar-refractivity contribution in [3.8, 4) is 5.69 Å². The Balaban J connectivity index is 1.94. The average molecular weight is 445 g/mol. The smallest absolute Gasteiger partial charge is 0.330 e. The fourth-order valence-corrected chi connectivity index (χ4v) is 3.47. The van der Waals surface area contributed by atoms with Crippen molar-refractivity contribution in [2.45, 2.75) is 40.2 Å². The number of nitrogens with one attached hydrogen (secondary N) is 1. The predicted octanol–water partition coefficient (Wildman–Crippen LogP) is 2.65. The lowest BCUT2D eigenvalue weighted by atomic mass is 10.1. The highest BCUT2D eigenvalue weighted by Crippen LogP contribution is 2.23. The Bertz CT molecular complexity index is 1240. The number of nitrogens with two attached hydrogens (primary N) is 1. The van der Waals surface area contributed by atoms with Crippen LogP contribution in [0.4, 0.5) is 11.5 Å². The number of aromatic nitrogens is 4. The first-order valence-corrected chi connectivity index (χ1v) is 10.3. The first kappa shape index (κ1) is 22.4. The molecule has 2 aromatic heterocycles. The number of unbranched alkanes of at least 4 members (excludes halogenated alkanes) is 1. The summed E-state index contributed by atoms with van der Waals surface area (Å²) in [5.41, 5.74) is 7.35. The number of carbonyl (C=O) groups excluding carboxylic acids is 1. The minimum Gasteiger partial charge on any atom is -0.383 e. The molecule has 10 heteroatoms. The molecule has 0 fully saturated rings. The van der Waals surface area contributed by atoms with Crippen LogP contribution in [0.1, 0.15) is 41.5 Å². The van der Waals surface area contributed by atoms with Gasteiger partial charge in [-0.2, -0.15) is 5.10 Å². The monoisotopic (exact) mass is 444 g/mol. The molecule has 1 amide bonds. The van der Waals surface area contributed by atoms with Gasteiger partial charge < -0.3 is 10.6 Å². The molecule has 0 spiro atoms. The van der Waals surface area contributed by atoms with Crippen molar-refractivity contribution in [1.82, 2.24) is 19.3 Å². The molecule has 0 unspecified atom stereocenters. The highest BCUT2D eigenvalue weighted by atomic mass is 35.5. The highest BCUT2D eigenvalue weighted by molar-refractivity contribution is 6.31. The van der Waals surface area contributed by atoms with Crippen LogP contribution < -0.4 is 21.9 Å². The van der Waals surface area contributed by atoms with E-state index in [0.29, 0.717) is 29.2 Å². The quantitative estimate of drug-likeness (QED) is 0.605. The number of H-pyrrole nitrogens is 1. The van der Waals surface area contributed by atoms with E-state index in [9.17, 15) is 14.4 Å². The van der Waals surface area contributed by atoms with Gasteiger partial charge in [-0.3, -0.25) is 19.1 Å². The van der Waals surface area contributed by atoms with Gasteiger partial charge in [-0.1, -0.05) is 24.9 Å². The molecule has 2 heterocycles. The standard InChI is InChI=1S/C21H25ClN6O3/c1-5-6-11-27-18(23)17(19(29)24-21(27)31)26(4)20(30)14-7-9-15(10-8-14)28-13(3)16(22)12(2)25-28/h7-10H,5-6,11,23H2,1-4H3,(H,24,29,31). The van der Waals surface area contributed by atoms with Gasteiger partial charge in [-0.05, 0) is 44.5 Å². The molecule has 9 nitrogen and oxygen atoms in total. The fourth-order valence-electron chi connectivity index (χ4n) is 3.36. The summed E-state index contributed by atoms with van der Waals surface area (Å²) in [7, 11) is 1.45. The minimum atomic E-state index is -0.708. The normalized spacial score (nSPS) is 11.0. The second kappa shape index (κ2) is 8.81. The summed E-state index contributed by atoms with van der Waals surface area (Å²) in [5.74, 6) is -0.470. The Morgan fingerprint density at radius 1 is 1.23 bits per heavy atom. The minimum absolute atomic E-state index is 0.0352. The largest absolute Gasteiger partial charge is 0.383 e. The van der Waals surface area contributed by atoms with E-state index in [2.05, 4.69) is 10.1 Å². The van der Waals surface area contributed by atoms with Crippen molar-refractivity contribution in [3.05, 3.63) is 67.1 Å². The Kier molecular flexibility index (Phi) is 6.35. The average Bonchev–Trinajstić information content (AvgIpc) is 3.00. The summed E-state index contributed by atoms with van der Waals surface area (Å²) in [5, 5.41) is 4.99. The number of carbonyl (C=O) groups is 1. The maximum atomic E-state index is 13.0. The molecular formula is C21H25ClN6O3. The summed E-state index contributed by atoms with van der Waals surface area (Å²) in [6, 6.07) is 6.76. The van der Waals surface area contributed by atoms with Gasteiger partial charge >= 0.3 is 5.69 Å². The topological polar surface area (TPSA) is 119 Å². The number of aromatic amines is 1. The summed E-state index contributed by atoms with van der Waals surface area (Å²) in [6.07, 6.45) is 1.56. The molecule has 0 saturated heterocycles. The first-order valence-electron chi connectivity index (χ1n) is 9.90. The summed E-state index contributed by atoms with van der Waals surface area (Å²) >= 11 is 6.21. The number of aryl methyl sites for hydroxylation is 1. The molecule has 3 rings (SSSR count). The number of anilines is 2. The van der Waals surface area contributed by atoms with Crippen LogP contribution in [0.25, 0.3) is 5.69 Å². The van der Waals surface area contributed by atoms with Gasteiger partial charge in [0.05, 0.1) is 22.1 Å². The third-order valence-electron chi connectivity index (χ3n) is 5.15. The van der Waals surface area contributed by atoms with Gasteiger partial charge in [0, 0.05) is 19.2 Å². The van der Waals surface area contributed by atoms with Crippen LogP contribution >= 0.6 is 11.6 Å². The van der Waals surface area contributed by atoms with Crippen molar-refractivity contribution in [2.75, 3.05) is 17.7 Å². The number of hydrogen-bond donors (Lipinski definition) is 2. The second-order valence-corrected chi connectivity index (χ2v) is 7.68. The number of amides is 1. The Labute approximate surface area is 184 Å². The van der Waals surface area contributed by atoms with Gasteiger partial charge in [0.15, 0.2) is 5.69 Å². The molecule has 0 saturated carbocycles. The lowest BCUT2D eigenvalue weighted by Gasteiger charge is -2.20. The van der Waals surface area contributed by atoms with Crippen LogP contribution in [-0.2, 0) is 6.54 Å². The number of hydrogen-bond acceptors (Lipinski definition) is 5. The van der Waals surface area contributed by atoms with E-state index in [1.165, 1.54) is 11.6 Å². The molecule has 31 heavy (non-hydrogen) atoms. The SMILES string of the molecule is CCCCn1c(N)c(N(C)C(=O)c2ccc(-n3nc(C)c(Cl)c3C)cc2)c(=O)[nH]c1=O. The van der Waals surface area contributed by atoms with E-state index in [1.54, 1.807) is 28.9 Å². The first-order chi connectivity index (χ1) is 14.7. The van der Waals surface area contributed by atoms with Crippen LogP contribution in [0.5, 0.6) is 0 Å². The molecule has 0 radical (unpaired) electrons. The van der Waals surface area contributed by atoms with Gasteiger partial charge in [-0.15, -0.1) is 0 Å².